The van der Waals surface area contributed by atoms with E-state index in [2.05, 4.69) is 15.5 Å². The van der Waals surface area contributed by atoms with Gasteiger partial charge in [-0.05, 0) is 26.7 Å². The van der Waals surface area contributed by atoms with Crippen molar-refractivity contribution in [1.82, 2.24) is 15.1 Å². The van der Waals surface area contributed by atoms with Crippen LogP contribution in [0.5, 0.6) is 0 Å². The lowest BCUT2D eigenvalue weighted by Crippen LogP contribution is -2.46. The van der Waals surface area contributed by atoms with Gasteiger partial charge in [0, 0.05) is 6.54 Å². The Bertz CT molecular complexity index is 492. The van der Waals surface area contributed by atoms with Gasteiger partial charge in [-0.1, -0.05) is 12.8 Å². The van der Waals surface area contributed by atoms with Crippen LogP contribution in [0.1, 0.15) is 37.1 Å². The number of carboxylic acid groups (broad SMARTS) is 1. The number of hydrogen-bond donors (Lipinski definition) is 3. The predicted molar refractivity (Wildman–Crippen MR) is 73.7 cm³/mol. The SMILES string of the molecule is Cc1n[nH]c(C)c1NC(=O)N1CCCCCC1C(=O)O. The molecule has 1 aliphatic rings. The molecule has 0 aromatic carbocycles. The van der Waals surface area contributed by atoms with E-state index >= 15 is 0 Å². The molecule has 0 spiro atoms. The van der Waals surface area contributed by atoms with Gasteiger partial charge in [-0.25, -0.2) is 9.59 Å². The molecule has 1 fully saturated rings. The van der Waals surface area contributed by atoms with E-state index in [0.29, 0.717) is 24.3 Å². The molecule has 0 radical (unpaired) electrons. The third-order valence-electron chi connectivity index (χ3n) is 3.66. The van der Waals surface area contributed by atoms with Crippen molar-refractivity contribution >= 4 is 17.7 Å². The van der Waals surface area contributed by atoms with Crippen LogP contribution >= 0.6 is 0 Å². The zero-order valence-corrected chi connectivity index (χ0v) is 11.8. The maximum atomic E-state index is 12.3. The number of hydrogen-bond acceptors (Lipinski definition) is 3. The molecule has 1 atom stereocenters. The fourth-order valence-corrected chi connectivity index (χ4v) is 2.52. The van der Waals surface area contributed by atoms with E-state index < -0.39 is 12.0 Å². The number of aromatic amines is 1. The van der Waals surface area contributed by atoms with E-state index in [1.165, 1.54) is 4.90 Å². The molecule has 110 valence electrons. The number of aliphatic carboxylic acids is 1. The molecule has 2 amide bonds. The Morgan fingerprint density at radius 2 is 2.10 bits per heavy atom. The second kappa shape index (κ2) is 5.94. The first-order valence-electron chi connectivity index (χ1n) is 6.82. The van der Waals surface area contributed by atoms with Crippen molar-refractivity contribution in [3.63, 3.8) is 0 Å². The van der Waals surface area contributed by atoms with Crippen LogP contribution < -0.4 is 5.32 Å². The van der Waals surface area contributed by atoms with Crippen molar-refractivity contribution in [1.29, 1.82) is 0 Å². The molecule has 2 heterocycles. The zero-order chi connectivity index (χ0) is 14.7. The molecule has 0 saturated carbocycles. The highest BCUT2D eigenvalue weighted by Crippen LogP contribution is 2.21. The summed E-state index contributed by atoms with van der Waals surface area (Å²) >= 11 is 0. The molecule has 1 unspecified atom stereocenters. The minimum atomic E-state index is -0.942. The predicted octanol–water partition coefficient (Wildman–Crippen LogP) is 1.89. The Balaban J connectivity index is 2.15. The molecule has 3 N–H and O–H groups in total. The lowest BCUT2D eigenvalue weighted by atomic mass is 10.1. The molecule has 1 aromatic heterocycles. The third kappa shape index (κ3) is 2.92. The zero-order valence-electron chi connectivity index (χ0n) is 11.8. The number of aryl methyl sites for hydroxylation is 2. The normalized spacial score (nSPS) is 19.5. The number of likely N-dealkylation sites (tertiary alicyclic amines) is 1. The van der Waals surface area contributed by atoms with Gasteiger partial charge in [0.15, 0.2) is 0 Å². The second-order valence-corrected chi connectivity index (χ2v) is 5.14. The number of aromatic nitrogens is 2. The summed E-state index contributed by atoms with van der Waals surface area (Å²) in [4.78, 5) is 25.1. The molecule has 1 aromatic rings. The van der Waals surface area contributed by atoms with E-state index in [-0.39, 0.29) is 6.03 Å². The van der Waals surface area contributed by atoms with Gasteiger partial charge in [-0.2, -0.15) is 5.10 Å². The van der Waals surface area contributed by atoms with Crippen LogP contribution in [0.3, 0.4) is 0 Å². The third-order valence-corrected chi connectivity index (χ3v) is 3.66. The highest BCUT2D eigenvalue weighted by atomic mass is 16.4. The van der Waals surface area contributed by atoms with Gasteiger partial charge in [0.25, 0.3) is 0 Å². The highest BCUT2D eigenvalue weighted by Gasteiger charge is 2.31. The van der Waals surface area contributed by atoms with Crippen LogP contribution in [-0.2, 0) is 4.79 Å². The molecule has 2 rings (SSSR count). The topological polar surface area (TPSA) is 98.3 Å². The van der Waals surface area contributed by atoms with Gasteiger partial charge in [-0.3, -0.25) is 5.10 Å². The molecule has 0 bridgehead atoms. The van der Waals surface area contributed by atoms with Crippen LogP contribution in [0.2, 0.25) is 0 Å². The summed E-state index contributed by atoms with van der Waals surface area (Å²) in [7, 11) is 0. The van der Waals surface area contributed by atoms with Crippen LogP contribution in [0.25, 0.3) is 0 Å². The number of rotatable bonds is 2. The number of carbonyl (C=O) groups is 2. The van der Waals surface area contributed by atoms with E-state index in [0.717, 1.165) is 25.0 Å². The summed E-state index contributed by atoms with van der Waals surface area (Å²) < 4.78 is 0. The second-order valence-electron chi connectivity index (χ2n) is 5.14. The minimum absolute atomic E-state index is 0.369. The molecule has 1 aliphatic heterocycles. The Morgan fingerprint density at radius 3 is 2.70 bits per heavy atom. The van der Waals surface area contributed by atoms with Crippen molar-refractivity contribution in [3.05, 3.63) is 11.4 Å². The summed E-state index contributed by atoms with van der Waals surface area (Å²) in [6.07, 6.45) is 3.13. The number of carboxylic acids is 1. The Morgan fingerprint density at radius 1 is 1.35 bits per heavy atom. The first-order valence-corrected chi connectivity index (χ1v) is 6.82. The smallest absolute Gasteiger partial charge is 0.326 e. The Hall–Kier alpha value is -2.05. The fraction of sp³-hybridized carbons (Fsp3) is 0.615. The molecular weight excluding hydrogens is 260 g/mol. The number of H-pyrrole nitrogens is 1. The lowest BCUT2D eigenvalue weighted by Gasteiger charge is -2.27. The number of nitrogens with one attached hydrogen (secondary N) is 2. The van der Waals surface area contributed by atoms with Crippen molar-refractivity contribution in [2.45, 2.75) is 45.6 Å². The van der Waals surface area contributed by atoms with Crippen LogP contribution in [0, 0.1) is 13.8 Å². The van der Waals surface area contributed by atoms with Crippen LogP contribution in [0.15, 0.2) is 0 Å². The highest BCUT2D eigenvalue weighted by molar-refractivity contribution is 5.93. The van der Waals surface area contributed by atoms with Crippen molar-refractivity contribution in [3.8, 4) is 0 Å². The summed E-state index contributed by atoms with van der Waals surface area (Å²) in [5.74, 6) is -0.942. The maximum Gasteiger partial charge on any atom is 0.326 e. The van der Waals surface area contributed by atoms with Crippen molar-refractivity contribution < 1.29 is 14.7 Å². The fourth-order valence-electron chi connectivity index (χ4n) is 2.52. The molecule has 7 heteroatoms. The maximum absolute atomic E-state index is 12.3. The van der Waals surface area contributed by atoms with Gasteiger partial charge in [0.1, 0.15) is 6.04 Å². The van der Waals surface area contributed by atoms with Crippen LogP contribution in [0.4, 0.5) is 10.5 Å². The van der Waals surface area contributed by atoms with Crippen molar-refractivity contribution in [2.75, 3.05) is 11.9 Å². The summed E-state index contributed by atoms with van der Waals surface area (Å²) in [6, 6.07) is -1.11. The van der Waals surface area contributed by atoms with E-state index in [1.807, 2.05) is 6.92 Å². The standard InChI is InChI=1S/C13H20N4O3/c1-8-11(9(2)16-15-8)14-13(20)17-7-5-3-4-6-10(17)12(18)19/h10H,3-7H2,1-2H3,(H,14,20)(H,15,16)(H,18,19). The van der Waals surface area contributed by atoms with Gasteiger partial charge < -0.3 is 15.3 Å². The Labute approximate surface area is 117 Å². The number of nitrogens with zero attached hydrogens (tertiary/aromatic N) is 2. The average Bonchev–Trinajstić information content (AvgIpc) is 2.64. The average molecular weight is 280 g/mol. The number of carbonyl (C=O) groups excluding carboxylic acids is 1. The molecule has 20 heavy (non-hydrogen) atoms. The molecule has 0 aliphatic carbocycles. The molecule has 7 nitrogen and oxygen atoms in total. The Kier molecular flexibility index (Phi) is 4.26. The van der Waals surface area contributed by atoms with Gasteiger partial charge in [-0.15, -0.1) is 0 Å². The monoisotopic (exact) mass is 280 g/mol. The van der Waals surface area contributed by atoms with Gasteiger partial charge in [0.2, 0.25) is 0 Å². The summed E-state index contributed by atoms with van der Waals surface area (Å²) in [5, 5.41) is 18.9. The van der Waals surface area contributed by atoms with Crippen LogP contribution in [-0.4, -0.2) is 44.8 Å². The number of anilines is 1. The van der Waals surface area contributed by atoms with E-state index in [9.17, 15) is 14.7 Å². The first kappa shape index (κ1) is 14.4. The van der Waals surface area contributed by atoms with E-state index in [4.69, 9.17) is 0 Å². The number of urea groups is 1. The van der Waals surface area contributed by atoms with E-state index in [1.54, 1.807) is 6.92 Å². The largest absolute Gasteiger partial charge is 0.480 e. The quantitative estimate of drug-likeness (QED) is 0.770. The molecular formula is C13H20N4O3. The lowest BCUT2D eigenvalue weighted by molar-refractivity contribution is -0.142. The van der Waals surface area contributed by atoms with Gasteiger partial charge in [0.05, 0.1) is 17.1 Å². The first-order chi connectivity index (χ1) is 9.50. The summed E-state index contributed by atoms with van der Waals surface area (Å²) in [5.41, 5.74) is 2.08. The van der Waals surface area contributed by atoms with Crippen molar-refractivity contribution in [2.24, 2.45) is 0 Å². The van der Waals surface area contributed by atoms with Gasteiger partial charge >= 0.3 is 12.0 Å². The minimum Gasteiger partial charge on any atom is -0.480 e. The molecule has 1 saturated heterocycles. The summed E-state index contributed by atoms with van der Waals surface area (Å²) in [6.45, 7) is 4.07. The number of amides is 2.